The predicted octanol–water partition coefficient (Wildman–Crippen LogP) is 2.35. The molecule has 1 aliphatic carbocycles. The first kappa shape index (κ1) is 16.5. The van der Waals surface area contributed by atoms with Gasteiger partial charge < -0.3 is 14.5 Å². The number of hydrogen-bond acceptors (Lipinski definition) is 3. The lowest BCUT2D eigenvalue weighted by molar-refractivity contribution is -0.150. The van der Waals surface area contributed by atoms with Crippen molar-refractivity contribution in [2.24, 2.45) is 5.92 Å². The van der Waals surface area contributed by atoms with Crippen LogP contribution in [0.3, 0.4) is 0 Å². The van der Waals surface area contributed by atoms with Gasteiger partial charge in [0.15, 0.2) is 0 Å². The van der Waals surface area contributed by atoms with Gasteiger partial charge in [-0.3, -0.25) is 9.59 Å². The lowest BCUT2D eigenvalue weighted by atomic mass is 9.88. The maximum Gasteiger partial charge on any atom is 0.253 e. The van der Waals surface area contributed by atoms with Gasteiger partial charge in [-0.25, -0.2) is 4.39 Å². The summed E-state index contributed by atoms with van der Waals surface area (Å²) in [5.41, 5.74) is 0.292. The second kappa shape index (κ2) is 6.41. The second-order valence-electron chi connectivity index (χ2n) is 7.46. The molecule has 1 aromatic rings. The van der Waals surface area contributed by atoms with Crippen molar-refractivity contribution in [1.82, 2.24) is 4.90 Å². The molecular formula is C19H23FN2O3. The highest BCUT2D eigenvalue weighted by Gasteiger charge is 2.43. The van der Waals surface area contributed by atoms with Crippen LogP contribution in [0.1, 0.15) is 32.1 Å². The Hall–Kier alpha value is -1.95. The van der Waals surface area contributed by atoms with E-state index >= 15 is 0 Å². The molecule has 0 atom stereocenters. The molecule has 134 valence electrons. The SMILES string of the molecule is O=C(CC1CC1)N1CCC2(CC1)CN(c1ccc(F)cc1)C(=O)CO2. The monoisotopic (exact) mass is 346 g/mol. The molecule has 0 unspecified atom stereocenters. The first-order chi connectivity index (χ1) is 12.0. The van der Waals surface area contributed by atoms with Crippen LogP contribution in [0, 0.1) is 11.7 Å². The molecular weight excluding hydrogens is 323 g/mol. The number of piperidine rings is 1. The van der Waals surface area contributed by atoms with Crippen LogP contribution in [0.15, 0.2) is 24.3 Å². The molecule has 3 fully saturated rings. The first-order valence-corrected chi connectivity index (χ1v) is 9.02. The highest BCUT2D eigenvalue weighted by atomic mass is 19.1. The third-order valence-electron chi connectivity index (χ3n) is 5.58. The van der Waals surface area contributed by atoms with Crippen molar-refractivity contribution in [3.05, 3.63) is 30.1 Å². The molecule has 4 rings (SSSR count). The third-order valence-corrected chi connectivity index (χ3v) is 5.58. The molecule has 5 nitrogen and oxygen atoms in total. The quantitative estimate of drug-likeness (QED) is 0.844. The standard InChI is InChI=1S/C19H23FN2O3/c20-15-3-5-16(6-4-15)22-13-19(25-12-18(22)24)7-9-21(10-8-19)17(23)11-14-1-2-14/h3-6,14H,1-2,7-13H2. The topological polar surface area (TPSA) is 49.9 Å². The second-order valence-corrected chi connectivity index (χ2v) is 7.46. The molecule has 0 N–H and O–H groups in total. The molecule has 1 aromatic carbocycles. The van der Waals surface area contributed by atoms with E-state index in [2.05, 4.69) is 0 Å². The summed E-state index contributed by atoms with van der Waals surface area (Å²) in [4.78, 5) is 28.1. The van der Waals surface area contributed by atoms with Gasteiger partial charge in [0.2, 0.25) is 5.91 Å². The lowest BCUT2D eigenvalue weighted by Crippen LogP contribution is -2.59. The Bertz CT molecular complexity index is 664. The van der Waals surface area contributed by atoms with Crippen molar-refractivity contribution in [3.8, 4) is 0 Å². The zero-order valence-electron chi connectivity index (χ0n) is 14.2. The van der Waals surface area contributed by atoms with Crippen LogP contribution in [0.4, 0.5) is 10.1 Å². The maximum atomic E-state index is 13.1. The fourth-order valence-electron chi connectivity index (χ4n) is 3.74. The molecule has 3 aliphatic rings. The van der Waals surface area contributed by atoms with E-state index in [9.17, 15) is 14.0 Å². The van der Waals surface area contributed by atoms with Gasteiger partial charge >= 0.3 is 0 Å². The molecule has 0 aromatic heterocycles. The van der Waals surface area contributed by atoms with Crippen LogP contribution >= 0.6 is 0 Å². The van der Waals surface area contributed by atoms with Gasteiger partial charge in [0, 0.05) is 25.2 Å². The first-order valence-electron chi connectivity index (χ1n) is 9.02. The van der Waals surface area contributed by atoms with Gasteiger partial charge in [-0.1, -0.05) is 0 Å². The Kier molecular flexibility index (Phi) is 4.23. The number of halogens is 1. The number of ether oxygens (including phenoxy) is 1. The largest absolute Gasteiger partial charge is 0.363 e. The van der Waals surface area contributed by atoms with E-state index < -0.39 is 5.60 Å². The molecule has 25 heavy (non-hydrogen) atoms. The summed E-state index contributed by atoms with van der Waals surface area (Å²) in [6.07, 6.45) is 4.50. The highest BCUT2D eigenvalue weighted by molar-refractivity contribution is 5.95. The number of benzene rings is 1. The third kappa shape index (κ3) is 3.54. The van der Waals surface area contributed by atoms with Crippen molar-refractivity contribution < 1.29 is 18.7 Å². The average Bonchev–Trinajstić information content (AvgIpc) is 3.43. The smallest absolute Gasteiger partial charge is 0.253 e. The molecule has 6 heteroatoms. The average molecular weight is 346 g/mol. The van der Waals surface area contributed by atoms with Crippen LogP contribution in [0.5, 0.6) is 0 Å². The number of morpholine rings is 1. The number of carbonyl (C=O) groups is 2. The normalized spacial score (nSPS) is 23.2. The van der Waals surface area contributed by atoms with Gasteiger partial charge in [-0.05, 0) is 55.9 Å². The van der Waals surface area contributed by atoms with Crippen molar-refractivity contribution in [1.29, 1.82) is 0 Å². The minimum absolute atomic E-state index is 0.0351. The van der Waals surface area contributed by atoms with Crippen molar-refractivity contribution >= 4 is 17.5 Å². The van der Waals surface area contributed by atoms with E-state index in [-0.39, 0.29) is 24.2 Å². The van der Waals surface area contributed by atoms with Gasteiger partial charge in [-0.2, -0.15) is 0 Å². The van der Waals surface area contributed by atoms with E-state index in [4.69, 9.17) is 4.74 Å². The summed E-state index contributed by atoms with van der Waals surface area (Å²) in [5.74, 6) is 0.423. The zero-order chi connectivity index (χ0) is 17.4. The zero-order valence-corrected chi connectivity index (χ0v) is 14.2. The van der Waals surface area contributed by atoms with Crippen LogP contribution in [-0.2, 0) is 14.3 Å². The Balaban J connectivity index is 1.41. The van der Waals surface area contributed by atoms with Crippen LogP contribution in [-0.4, -0.2) is 48.6 Å². The number of likely N-dealkylation sites (tertiary alicyclic amines) is 1. The fraction of sp³-hybridized carbons (Fsp3) is 0.579. The van der Waals surface area contributed by atoms with Crippen molar-refractivity contribution in [2.45, 2.75) is 37.7 Å². The van der Waals surface area contributed by atoms with Gasteiger partial charge in [0.25, 0.3) is 5.91 Å². The molecule has 2 saturated heterocycles. The lowest BCUT2D eigenvalue weighted by Gasteiger charge is -2.47. The van der Waals surface area contributed by atoms with E-state index in [1.54, 1.807) is 17.0 Å². The minimum atomic E-state index is -0.404. The number of carbonyl (C=O) groups excluding carboxylic acids is 2. The van der Waals surface area contributed by atoms with Gasteiger partial charge in [0.05, 0.1) is 12.1 Å². The van der Waals surface area contributed by atoms with Gasteiger partial charge in [0.1, 0.15) is 12.4 Å². The molecule has 0 radical (unpaired) electrons. The maximum absolute atomic E-state index is 13.1. The van der Waals surface area contributed by atoms with E-state index in [1.807, 2.05) is 4.90 Å². The van der Waals surface area contributed by atoms with Gasteiger partial charge in [-0.15, -0.1) is 0 Å². The van der Waals surface area contributed by atoms with Crippen LogP contribution < -0.4 is 4.90 Å². The number of hydrogen-bond donors (Lipinski definition) is 0. The highest BCUT2D eigenvalue weighted by Crippen LogP contribution is 2.35. The Morgan fingerprint density at radius 2 is 1.88 bits per heavy atom. The Morgan fingerprint density at radius 3 is 2.52 bits per heavy atom. The molecule has 2 amide bonds. The minimum Gasteiger partial charge on any atom is -0.363 e. The van der Waals surface area contributed by atoms with Crippen molar-refractivity contribution in [2.75, 3.05) is 31.1 Å². The summed E-state index contributed by atoms with van der Waals surface area (Å²) >= 11 is 0. The molecule has 2 heterocycles. The summed E-state index contributed by atoms with van der Waals surface area (Å²) in [6.45, 7) is 1.85. The van der Waals surface area contributed by atoms with E-state index in [0.29, 0.717) is 37.7 Å². The fourth-order valence-corrected chi connectivity index (χ4v) is 3.74. The summed E-state index contributed by atoms with van der Waals surface area (Å²) in [5, 5.41) is 0. The summed E-state index contributed by atoms with van der Waals surface area (Å²) in [6, 6.07) is 5.98. The Morgan fingerprint density at radius 1 is 1.20 bits per heavy atom. The molecule has 1 saturated carbocycles. The Labute approximate surface area is 146 Å². The molecule has 2 aliphatic heterocycles. The number of anilines is 1. The molecule has 0 bridgehead atoms. The van der Waals surface area contributed by atoms with Crippen molar-refractivity contribution in [3.63, 3.8) is 0 Å². The summed E-state index contributed by atoms with van der Waals surface area (Å²) in [7, 11) is 0. The summed E-state index contributed by atoms with van der Waals surface area (Å²) < 4.78 is 19.1. The molecule has 1 spiro atoms. The predicted molar refractivity (Wildman–Crippen MR) is 90.6 cm³/mol. The number of rotatable bonds is 3. The number of amides is 2. The number of nitrogens with zero attached hydrogens (tertiary/aromatic N) is 2. The van der Waals surface area contributed by atoms with E-state index in [0.717, 1.165) is 12.8 Å². The van der Waals surface area contributed by atoms with E-state index in [1.165, 1.54) is 25.0 Å². The van der Waals surface area contributed by atoms with Crippen LogP contribution in [0.2, 0.25) is 0 Å². The van der Waals surface area contributed by atoms with Crippen LogP contribution in [0.25, 0.3) is 0 Å².